The second-order valence-corrected chi connectivity index (χ2v) is 4.52. The minimum Gasteiger partial charge on any atom is -0.463 e. The van der Waals surface area contributed by atoms with Crippen LogP contribution in [0.15, 0.2) is 12.3 Å². The van der Waals surface area contributed by atoms with Crippen LogP contribution in [0.1, 0.15) is 19.0 Å². The van der Waals surface area contributed by atoms with E-state index in [0.29, 0.717) is 19.1 Å². The fraction of sp³-hybridized carbons (Fsp3) is 0.500. The topological polar surface area (TPSA) is 77.8 Å². The number of hydrogen-bond donors (Lipinski definition) is 1. The van der Waals surface area contributed by atoms with Crippen LogP contribution in [-0.2, 0) is 13.5 Å². The van der Waals surface area contributed by atoms with Crippen LogP contribution < -0.4 is 10.1 Å². The van der Waals surface area contributed by atoms with Crippen LogP contribution in [-0.4, -0.2) is 37.9 Å². The number of ether oxygens (including phenoxy) is 1. The number of nitrogens with zero attached hydrogens (tertiary/aromatic N) is 5. The van der Waals surface area contributed by atoms with E-state index in [9.17, 15) is 0 Å². The van der Waals surface area contributed by atoms with Gasteiger partial charge in [-0.3, -0.25) is 4.68 Å². The Kier molecular flexibility index (Phi) is 5.11. The summed E-state index contributed by atoms with van der Waals surface area (Å²) >= 11 is 5.84. The zero-order chi connectivity index (χ0) is 14.4. The summed E-state index contributed by atoms with van der Waals surface area (Å²) in [4.78, 5) is 12.1. The Labute approximate surface area is 122 Å². The molecule has 0 aliphatic heterocycles. The molecule has 0 radical (unpaired) electrons. The van der Waals surface area contributed by atoms with Crippen molar-refractivity contribution < 1.29 is 4.74 Å². The zero-order valence-corrected chi connectivity index (χ0v) is 12.3. The molecule has 20 heavy (non-hydrogen) atoms. The zero-order valence-electron chi connectivity index (χ0n) is 11.5. The normalized spacial score (nSPS) is 10.6. The molecule has 2 aromatic heterocycles. The van der Waals surface area contributed by atoms with Gasteiger partial charge in [0.05, 0.1) is 6.61 Å². The first-order chi connectivity index (χ1) is 9.69. The summed E-state index contributed by atoms with van der Waals surface area (Å²) in [6.45, 7) is 3.23. The second-order valence-electron chi connectivity index (χ2n) is 4.18. The number of rotatable bonds is 7. The Balaban J connectivity index is 1.91. The van der Waals surface area contributed by atoms with Crippen molar-refractivity contribution in [2.24, 2.45) is 7.05 Å². The first-order valence-electron chi connectivity index (χ1n) is 6.44. The fourth-order valence-electron chi connectivity index (χ4n) is 1.62. The molecule has 0 saturated heterocycles. The Hall–Kier alpha value is -1.89. The average molecular weight is 297 g/mol. The number of aromatic nitrogens is 5. The van der Waals surface area contributed by atoms with Crippen molar-refractivity contribution in [1.82, 2.24) is 24.7 Å². The number of hydrogen-bond acceptors (Lipinski definition) is 6. The first-order valence-corrected chi connectivity index (χ1v) is 6.82. The predicted octanol–water partition coefficient (Wildman–Crippen LogP) is 1.70. The highest BCUT2D eigenvalue weighted by Crippen LogP contribution is 2.11. The van der Waals surface area contributed by atoms with E-state index in [1.165, 1.54) is 0 Å². The molecule has 0 aliphatic carbocycles. The summed E-state index contributed by atoms with van der Waals surface area (Å²) in [5, 5.41) is 7.33. The van der Waals surface area contributed by atoms with Crippen LogP contribution >= 0.6 is 11.6 Å². The molecule has 108 valence electrons. The van der Waals surface area contributed by atoms with E-state index in [0.717, 1.165) is 18.5 Å². The predicted molar refractivity (Wildman–Crippen MR) is 76.0 cm³/mol. The second kappa shape index (κ2) is 7.04. The lowest BCUT2D eigenvalue weighted by molar-refractivity contribution is 0.291. The number of halogens is 1. The smallest absolute Gasteiger partial charge is 0.322 e. The molecule has 0 fully saturated rings. The Morgan fingerprint density at radius 2 is 2.20 bits per heavy atom. The number of aryl methyl sites for hydroxylation is 1. The Morgan fingerprint density at radius 3 is 2.90 bits per heavy atom. The molecule has 0 aromatic carbocycles. The van der Waals surface area contributed by atoms with E-state index < -0.39 is 0 Å². The monoisotopic (exact) mass is 296 g/mol. The van der Waals surface area contributed by atoms with E-state index in [1.54, 1.807) is 6.20 Å². The molecule has 1 N–H and O–H groups in total. The molecule has 2 aromatic rings. The lowest BCUT2D eigenvalue weighted by atomic mass is 10.3. The van der Waals surface area contributed by atoms with Gasteiger partial charge in [0.15, 0.2) is 0 Å². The minimum atomic E-state index is 0.120. The summed E-state index contributed by atoms with van der Waals surface area (Å²) in [5.74, 6) is 0.415. The van der Waals surface area contributed by atoms with Gasteiger partial charge in [-0.25, -0.2) is 0 Å². The van der Waals surface area contributed by atoms with Gasteiger partial charge in [0, 0.05) is 31.9 Å². The molecule has 0 saturated carbocycles. The third kappa shape index (κ3) is 4.06. The van der Waals surface area contributed by atoms with E-state index >= 15 is 0 Å². The molecule has 0 atom stereocenters. The maximum absolute atomic E-state index is 5.84. The highest BCUT2D eigenvalue weighted by atomic mass is 35.5. The third-order valence-corrected chi connectivity index (χ3v) is 2.78. The average Bonchev–Trinajstić information content (AvgIpc) is 2.82. The van der Waals surface area contributed by atoms with Gasteiger partial charge < -0.3 is 10.1 Å². The fourth-order valence-corrected chi connectivity index (χ4v) is 1.77. The summed E-state index contributed by atoms with van der Waals surface area (Å²) < 4.78 is 7.18. The van der Waals surface area contributed by atoms with E-state index in [1.807, 2.05) is 24.7 Å². The summed E-state index contributed by atoms with van der Waals surface area (Å²) in [7, 11) is 1.91. The van der Waals surface area contributed by atoms with Crippen molar-refractivity contribution in [2.75, 3.05) is 18.5 Å². The van der Waals surface area contributed by atoms with Crippen LogP contribution in [0.4, 0.5) is 5.95 Å². The lowest BCUT2D eigenvalue weighted by Crippen LogP contribution is -2.12. The minimum absolute atomic E-state index is 0.120. The largest absolute Gasteiger partial charge is 0.463 e. The molecular formula is C12H17ClN6O. The summed E-state index contributed by atoms with van der Waals surface area (Å²) in [5.41, 5.74) is 1.13. The van der Waals surface area contributed by atoms with Crippen LogP contribution in [0.3, 0.4) is 0 Å². The highest BCUT2D eigenvalue weighted by Gasteiger charge is 2.06. The third-order valence-electron chi connectivity index (χ3n) is 2.61. The van der Waals surface area contributed by atoms with Crippen LogP contribution in [0.2, 0.25) is 5.28 Å². The van der Waals surface area contributed by atoms with Gasteiger partial charge in [-0.05, 0) is 24.1 Å². The lowest BCUT2D eigenvalue weighted by Gasteiger charge is -2.07. The molecule has 0 unspecified atom stereocenters. The van der Waals surface area contributed by atoms with Crippen LogP contribution in [0, 0.1) is 0 Å². The molecular weight excluding hydrogens is 280 g/mol. The molecule has 0 bridgehead atoms. The number of nitrogens with one attached hydrogen (secondary N) is 1. The van der Waals surface area contributed by atoms with Gasteiger partial charge in [-0.2, -0.15) is 20.1 Å². The molecule has 2 rings (SSSR count). The van der Waals surface area contributed by atoms with Gasteiger partial charge in [-0.15, -0.1) is 0 Å². The van der Waals surface area contributed by atoms with Crippen molar-refractivity contribution in [3.8, 4) is 6.01 Å². The summed E-state index contributed by atoms with van der Waals surface area (Å²) in [6.07, 6.45) is 3.46. The van der Waals surface area contributed by atoms with Crippen molar-refractivity contribution in [2.45, 2.75) is 19.8 Å². The van der Waals surface area contributed by atoms with Gasteiger partial charge >= 0.3 is 6.01 Å². The van der Waals surface area contributed by atoms with Crippen molar-refractivity contribution >= 4 is 17.5 Å². The Morgan fingerprint density at radius 1 is 1.35 bits per heavy atom. The maximum Gasteiger partial charge on any atom is 0.322 e. The first kappa shape index (κ1) is 14.5. The number of anilines is 1. The van der Waals surface area contributed by atoms with Gasteiger partial charge in [0.1, 0.15) is 0 Å². The molecule has 0 amide bonds. The standard InChI is InChI=1S/C12H17ClN6O/c1-3-8-20-12-17-10(13)16-11(18-12)14-6-4-9-5-7-15-19(9)2/h5,7H,3-4,6,8H2,1-2H3,(H,14,16,17,18). The van der Waals surface area contributed by atoms with Crippen molar-refractivity contribution in [3.05, 3.63) is 23.2 Å². The van der Waals surface area contributed by atoms with Gasteiger partial charge in [-0.1, -0.05) is 6.92 Å². The van der Waals surface area contributed by atoms with Crippen molar-refractivity contribution in [1.29, 1.82) is 0 Å². The molecule has 8 heteroatoms. The Bertz CT molecular complexity index is 559. The quantitative estimate of drug-likeness (QED) is 0.838. The van der Waals surface area contributed by atoms with E-state index in [4.69, 9.17) is 16.3 Å². The van der Waals surface area contributed by atoms with Crippen molar-refractivity contribution in [3.63, 3.8) is 0 Å². The summed E-state index contributed by atoms with van der Waals surface area (Å²) in [6, 6.07) is 2.22. The highest BCUT2D eigenvalue weighted by molar-refractivity contribution is 6.28. The van der Waals surface area contributed by atoms with E-state index in [-0.39, 0.29) is 11.3 Å². The van der Waals surface area contributed by atoms with E-state index in [2.05, 4.69) is 25.4 Å². The van der Waals surface area contributed by atoms with Crippen LogP contribution in [0.25, 0.3) is 0 Å². The maximum atomic E-state index is 5.84. The SMILES string of the molecule is CCCOc1nc(Cl)nc(NCCc2ccnn2C)n1. The molecule has 0 aliphatic rings. The molecule has 0 spiro atoms. The van der Waals surface area contributed by atoms with Gasteiger partial charge in [0.2, 0.25) is 11.2 Å². The molecule has 2 heterocycles. The van der Waals surface area contributed by atoms with Crippen LogP contribution in [0.5, 0.6) is 6.01 Å². The van der Waals surface area contributed by atoms with Gasteiger partial charge in [0.25, 0.3) is 0 Å². The molecule has 7 nitrogen and oxygen atoms in total.